The molecule has 0 aliphatic rings. The Kier molecular flexibility index (Phi) is 5.16. The molecule has 0 fully saturated rings. The summed E-state index contributed by atoms with van der Waals surface area (Å²) >= 11 is 0. The molecule has 4 aromatic rings. The minimum absolute atomic E-state index is 0.0663. The molecule has 1 nitrogen and oxygen atoms in total. The van der Waals surface area contributed by atoms with Gasteiger partial charge in [-0.1, -0.05) is 0 Å². The van der Waals surface area contributed by atoms with Crippen molar-refractivity contribution >= 4 is 28.5 Å². The van der Waals surface area contributed by atoms with Gasteiger partial charge in [0.1, 0.15) is 0 Å². The topological polar surface area (TPSA) is 20.2 Å². The Hall–Kier alpha value is -2.73. The van der Waals surface area contributed by atoms with Gasteiger partial charge in [-0.3, -0.25) is 0 Å². The van der Waals surface area contributed by atoms with Crippen LogP contribution in [0.3, 0.4) is 0 Å². The monoisotopic (exact) mass is 370 g/mol. The van der Waals surface area contributed by atoms with Crippen LogP contribution in [0, 0.1) is 0 Å². The molecule has 0 aromatic heterocycles. The summed E-state index contributed by atoms with van der Waals surface area (Å²) in [5, 5.41) is 14.9. The fourth-order valence-corrected chi connectivity index (χ4v) is 8.67. The van der Waals surface area contributed by atoms with Gasteiger partial charge in [0.2, 0.25) is 0 Å². The average Bonchev–Trinajstić information content (AvgIpc) is 2.77. The first-order chi connectivity index (χ1) is 13.4. The summed E-state index contributed by atoms with van der Waals surface area (Å²) in [6.07, 6.45) is 0. The maximum absolute atomic E-state index is 9.49. The standard InChI is InChI=1S/C25H23OP/c26-20-21-16-18-25(19-17-21)27(22-10-4-1-5-11-22,23-12-6-2-7-13-23)24-14-8-3-9-15-24/h1-19,26-27H,20H2. The summed E-state index contributed by atoms with van der Waals surface area (Å²) in [5.41, 5.74) is 0.941. The van der Waals surface area contributed by atoms with E-state index >= 15 is 0 Å². The van der Waals surface area contributed by atoms with Crippen molar-refractivity contribution in [2.45, 2.75) is 6.61 Å². The fourth-order valence-electron chi connectivity index (χ4n) is 3.92. The van der Waals surface area contributed by atoms with Crippen LogP contribution in [0.1, 0.15) is 5.56 Å². The third kappa shape index (κ3) is 3.21. The molecule has 134 valence electrons. The minimum atomic E-state index is -2.42. The van der Waals surface area contributed by atoms with Gasteiger partial charge in [-0.25, -0.2) is 0 Å². The molecular weight excluding hydrogens is 347 g/mol. The van der Waals surface area contributed by atoms with Crippen LogP contribution in [0.15, 0.2) is 115 Å². The molecule has 0 saturated heterocycles. The van der Waals surface area contributed by atoms with Gasteiger partial charge in [-0.05, 0) is 0 Å². The van der Waals surface area contributed by atoms with Crippen molar-refractivity contribution in [3.63, 3.8) is 0 Å². The Morgan fingerprint density at radius 1 is 0.444 bits per heavy atom. The van der Waals surface area contributed by atoms with E-state index in [0.717, 1.165) is 5.56 Å². The van der Waals surface area contributed by atoms with E-state index in [9.17, 15) is 5.11 Å². The quantitative estimate of drug-likeness (QED) is 0.533. The molecular formula is C25H23OP. The second-order valence-electron chi connectivity index (χ2n) is 6.70. The first kappa shape index (κ1) is 17.7. The fraction of sp³-hybridized carbons (Fsp3) is 0.0400. The third-order valence-corrected chi connectivity index (χ3v) is 9.99. The van der Waals surface area contributed by atoms with Crippen LogP contribution in [0.25, 0.3) is 0 Å². The van der Waals surface area contributed by atoms with Gasteiger partial charge in [0.15, 0.2) is 0 Å². The van der Waals surface area contributed by atoms with Crippen LogP contribution < -0.4 is 21.2 Å². The molecule has 0 radical (unpaired) electrons. The molecule has 27 heavy (non-hydrogen) atoms. The zero-order valence-electron chi connectivity index (χ0n) is 15.1. The Morgan fingerprint density at radius 3 is 1.11 bits per heavy atom. The molecule has 0 aliphatic heterocycles. The summed E-state index contributed by atoms with van der Waals surface area (Å²) < 4.78 is 0. The summed E-state index contributed by atoms with van der Waals surface area (Å²) in [7, 11) is -2.42. The van der Waals surface area contributed by atoms with Gasteiger partial charge >= 0.3 is 161 Å². The molecule has 0 heterocycles. The van der Waals surface area contributed by atoms with E-state index < -0.39 is 7.26 Å². The predicted octanol–water partition coefficient (Wildman–Crippen LogP) is 3.53. The molecule has 0 amide bonds. The van der Waals surface area contributed by atoms with Crippen molar-refractivity contribution in [3.8, 4) is 0 Å². The van der Waals surface area contributed by atoms with Gasteiger partial charge in [-0.15, -0.1) is 0 Å². The Labute approximate surface area is 161 Å². The predicted molar refractivity (Wildman–Crippen MR) is 119 cm³/mol. The van der Waals surface area contributed by atoms with Crippen molar-refractivity contribution in [2.24, 2.45) is 0 Å². The molecule has 0 unspecified atom stereocenters. The molecule has 4 rings (SSSR count). The molecule has 0 saturated carbocycles. The second-order valence-corrected chi connectivity index (χ2v) is 10.5. The maximum atomic E-state index is 9.49. The van der Waals surface area contributed by atoms with Crippen LogP contribution in [0.4, 0.5) is 0 Å². The van der Waals surface area contributed by atoms with Crippen molar-refractivity contribution in [1.29, 1.82) is 0 Å². The van der Waals surface area contributed by atoms with E-state index in [-0.39, 0.29) is 6.61 Å². The average molecular weight is 370 g/mol. The summed E-state index contributed by atoms with van der Waals surface area (Å²) in [6, 6.07) is 41.0. The summed E-state index contributed by atoms with van der Waals surface area (Å²) in [6.45, 7) is 0.0663. The van der Waals surface area contributed by atoms with Gasteiger partial charge in [-0.2, -0.15) is 0 Å². The second kappa shape index (κ2) is 7.88. The number of rotatable bonds is 5. The molecule has 2 heteroatoms. The number of aliphatic hydroxyl groups excluding tert-OH is 1. The molecule has 0 spiro atoms. The van der Waals surface area contributed by atoms with Gasteiger partial charge in [0.05, 0.1) is 0 Å². The molecule has 0 aliphatic carbocycles. The van der Waals surface area contributed by atoms with Crippen molar-refractivity contribution < 1.29 is 5.11 Å². The number of hydrogen-bond acceptors (Lipinski definition) is 1. The molecule has 0 atom stereocenters. The van der Waals surface area contributed by atoms with Gasteiger partial charge in [0.25, 0.3) is 0 Å². The van der Waals surface area contributed by atoms with Crippen molar-refractivity contribution in [3.05, 3.63) is 121 Å². The normalized spacial score (nSPS) is 11.9. The Balaban J connectivity index is 2.09. The van der Waals surface area contributed by atoms with Crippen LogP contribution in [-0.4, -0.2) is 5.11 Å². The van der Waals surface area contributed by atoms with Crippen LogP contribution in [-0.2, 0) is 6.61 Å². The number of aliphatic hydroxyl groups is 1. The van der Waals surface area contributed by atoms with E-state index in [1.54, 1.807) is 0 Å². The van der Waals surface area contributed by atoms with Crippen molar-refractivity contribution in [2.75, 3.05) is 0 Å². The van der Waals surface area contributed by atoms with Crippen molar-refractivity contribution in [1.82, 2.24) is 0 Å². The molecule has 0 bridgehead atoms. The third-order valence-electron chi connectivity index (χ3n) is 5.19. The molecule has 1 N–H and O–H groups in total. The van der Waals surface area contributed by atoms with Crippen LogP contribution in [0.5, 0.6) is 0 Å². The number of benzene rings is 4. The molecule has 4 aromatic carbocycles. The van der Waals surface area contributed by atoms with E-state index in [4.69, 9.17) is 0 Å². The van der Waals surface area contributed by atoms with E-state index in [1.807, 2.05) is 12.1 Å². The Bertz CT molecular complexity index is 884. The summed E-state index contributed by atoms with van der Waals surface area (Å²) in [4.78, 5) is 0. The van der Waals surface area contributed by atoms with Gasteiger partial charge < -0.3 is 0 Å². The Morgan fingerprint density at radius 2 is 0.778 bits per heavy atom. The van der Waals surface area contributed by atoms with E-state index in [2.05, 4.69) is 103 Å². The first-order valence-electron chi connectivity index (χ1n) is 9.22. The zero-order valence-corrected chi connectivity index (χ0v) is 16.1. The zero-order chi connectivity index (χ0) is 18.5. The first-order valence-corrected chi connectivity index (χ1v) is 11.2. The van der Waals surface area contributed by atoms with Gasteiger partial charge in [0, 0.05) is 0 Å². The van der Waals surface area contributed by atoms with Crippen LogP contribution in [0.2, 0.25) is 0 Å². The number of hydrogen-bond donors (Lipinski definition) is 1. The summed E-state index contributed by atoms with van der Waals surface area (Å²) in [5.74, 6) is 0. The van der Waals surface area contributed by atoms with E-state index in [0.29, 0.717) is 0 Å². The SMILES string of the molecule is OCc1ccc([PH](c2ccccc2)(c2ccccc2)c2ccccc2)cc1. The van der Waals surface area contributed by atoms with Crippen LogP contribution >= 0.6 is 7.26 Å². The van der Waals surface area contributed by atoms with E-state index in [1.165, 1.54) is 21.2 Å².